The van der Waals surface area contributed by atoms with Crippen LogP contribution in [0.15, 0.2) is 37.9 Å². The largest absolute Gasteiger partial charge is 0.510 e. The van der Waals surface area contributed by atoms with Crippen molar-refractivity contribution in [1.29, 1.82) is 0 Å². The Hall–Kier alpha value is -3.90. The number of nitrogens with zero attached hydrogens (tertiary/aromatic N) is 2. The van der Waals surface area contributed by atoms with Crippen molar-refractivity contribution in [3.63, 3.8) is 0 Å². The second kappa shape index (κ2) is 7.55. The standard InChI is InChI=1S/C24H26N4O8/c1-27(2)12-7-11-19(36-23(34)26-11)14-9(12)5-8-6-10-16(28(3)4)18(30)15(22(25)33)21(32)24(10,35)20(31)13(8)17(14)29/h7-8,10,16,30-31,35H,5-6H2,1-4H3,(H2,25,33)(H,26,34)/t8?,10?,16-,24-/m0/s1. The lowest BCUT2D eigenvalue weighted by atomic mass is 9.58. The van der Waals surface area contributed by atoms with Gasteiger partial charge in [-0.05, 0) is 44.5 Å². The molecule has 5 rings (SSSR count). The van der Waals surface area contributed by atoms with Gasteiger partial charge in [0.05, 0.1) is 17.1 Å². The number of aromatic amines is 1. The van der Waals surface area contributed by atoms with Gasteiger partial charge in [0.2, 0.25) is 5.78 Å². The molecule has 12 nitrogen and oxygen atoms in total. The molecule has 12 heteroatoms. The maximum atomic E-state index is 13.9. The lowest BCUT2D eigenvalue weighted by Crippen LogP contribution is -2.63. The zero-order chi connectivity index (χ0) is 26.4. The number of likely N-dealkylation sites (N-methyl/N-ethyl adjacent to an activating group) is 1. The molecule has 0 fully saturated rings. The minimum Gasteiger partial charge on any atom is -0.510 e. The molecule has 1 amide bonds. The number of nitrogens with one attached hydrogen (secondary N) is 1. The van der Waals surface area contributed by atoms with Crippen LogP contribution in [0.3, 0.4) is 0 Å². The van der Waals surface area contributed by atoms with E-state index in [-0.39, 0.29) is 35.1 Å². The van der Waals surface area contributed by atoms with Crippen molar-refractivity contribution in [3.8, 4) is 0 Å². The molecule has 0 saturated heterocycles. The summed E-state index contributed by atoms with van der Waals surface area (Å²) < 4.78 is 5.26. The summed E-state index contributed by atoms with van der Waals surface area (Å²) in [5, 5.41) is 33.9. The smallest absolute Gasteiger partial charge is 0.417 e. The van der Waals surface area contributed by atoms with Crippen LogP contribution in [0, 0.1) is 11.8 Å². The molecule has 2 unspecified atom stereocenters. The van der Waals surface area contributed by atoms with E-state index in [4.69, 9.17) is 10.2 Å². The van der Waals surface area contributed by atoms with Gasteiger partial charge >= 0.3 is 5.76 Å². The first-order chi connectivity index (χ1) is 16.8. The highest BCUT2D eigenvalue weighted by Gasteiger charge is 2.63. The number of H-pyrrole nitrogens is 1. The number of benzene rings is 1. The third-order valence-electron chi connectivity index (χ3n) is 7.59. The molecule has 4 atom stereocenters. The topological polar surface area (TPSA) is 190 Å². The fraction of sp³-hybridized carbons (Fsp3) is 0.417. The number of amides is 1. The zero-order valence-electron chi connectivity index (χ0n) is 20.1. The number of hydrogen-bond acceptors (Lipinski definition) is 10. The first-order valence-electron chi connectivity index (χ1n) is 11.3. The van der Waals surface area contributed by atoms with Crippen LogP contribution in [0.2, 0.25) is 0 Å². The summed E-state index contributed by atoms with van der Waals surface area (Å²) in [4.78, 5) is 57.1. The molecular weight excluding hydrogens is 472 g/mol. The molecule has 6 N–H and O–H groups in total. The van der Waals surface area contributed by atoms with Crippen molar-refractivity contribution in [1.82, 2.24) is 9.88 Å². The molecule has 1 aromatic heterocycles. The number of ketones is 2. The van der Waals surface area contributed by atoms with Gasteiger partial charge in [0.1, 0.15) is 17.1 Å². The maximum absolute atomic E-state index is 13.9. The van der Waals surface area contributed by atoms with Gasteiger partial charge in [0.15, 0.2) is 17.0 Å². The highest BCUT2D eigenvalue weighted by atomic mass is 16.4. The second-order valence-electron chi connectivity index (χ2n) is 10.00. The van der Waals surface area contributed by atoms with Crippen LogP contribution >= 0.6 is 0 Å². The van der Waals surface area contributed by atoms with Gasteiger partial charge in [-0.15, -0.1) is 0 Å². The first-order valence-corrected chi connectivity index (χ1v) is 11.3. The number of carbonyl (C=O) groups excluding carboxylic acids is 3. The number of fused-ring (bicyclic) bond motifs is 5. The Kier molecular flexibility index (Phi) is 4.99. The van der Waals surface area contributed by atoms with Crippen LogP contribution in [0.1, 0.15) is 22.3 Å². The predicted octanol–water partition coefficient (Wildman–Crippen LogP) is -0.0845. The van der Waals surface area contributed by atoms with Crippen LogP contribution < -0.4 is 16.4 Å². The molecule has 3 aliphatic carbocycles. The number of anilines is 1. The number of nitrogens with two attached hydrogens (primary N) is 1. The number of oxazole rings is 1. The summed E-state index contributed by atoms with van der Waals surface area (Å²) in [5.41, 5.74) is 3.26. The maximum Gasteiger partial charge on any atom is 0.417 e. The molecule has 2 aromatic rings. The quantitative estimate of drug-likeness (QED) is 0.358. The van der Waals surface area contributed by atoms with Gasteiger partial charge in [-0.25, -0.2) is 4.79 Å². The van der Waals surface area contributed by atoms with E-state index in [2.05, 4.69) is 4.98 Å². The van der Waals surface area contributed by atoms with Gasteiger partial charge in [-0.3, -0.25) is 24.3 Å². The van der Waals surface area contributed by atoms with E-state index in [1.54, 1.807) is 39.2 Å². The molecule has 1 heterocycles. The zero-order valence-corrected chi connectivity index (χ0v) is 20.1. The average molecular weight is 498 g/mol. The highest BCUT2D eigenvalue weighted by Crippen LogP contribution is 2.52. The van der Waals surface area contributed by atoms with Crippen molar-refractivity contribution >= 4 is 34.3 Å². The Morgan fingerprint density at radius 2 is 1.86 bits per heavy atom. The van der Waals surface area contributed by atoms with E-state index in [0.717, 1.165) is 0 Å². The Balaban J connectivity index is 1.79. The predicted molar refractivity (Wildman–Crippen MR) is 127 cm³/mol. The van der Waals surface area contributed by atoms with Gasteiger partial charge in [0, 0.05) is 31.3 Å². The molecule has 0 bridgehead atoms. The van der Waals surface area contributed by atoms with Crippen molar-refractivity contribution in [3.05, 3.63) is 50.4 Å². The van der Waals surface area contributed by atoms with Crippen molar-refractivity contribution in [2.75, 3.05) is 33.1 Å². The number of primary amides is 1. The van der Waals surface area contributed by atoms with E-state index >= 15 is 0 Å². The molecule has 0 aliphatic heterocycles. The van der Waals surface area contributed by atoms with E-state index in [1.165, 1.54) is 4.90 Å². The third-order valence-corrected chi connectivity index (χ3v) is 7.59. The van der Waals surface area contributed by atoms with Crippen LogP contribution in [-0.4, -0.2) is 82.5 Å². The summed E-state index contributed by atoms with van der Waals surface area (Å²) in [6, 6.07) is 0.662. The lowest BCUT2D eigenvalue weighted by Gasteiger charge is -2.50. The SMILES string of the molecule is CN(C)c1cc2[nH]c(=O)oc2c2c1CC1CC3[C@H](N(C)C)C(O)=C(C(N)=O)C(=O)[C@@]3(O)C(O)=C1C2=O. The molecule has 1 aromatic carbocycles. The second-order valence-corrected chi connectivity index (χ2v) is 10.00. The molecular formula is C24H26N4O8. The van der Waals surface area contributed by atoms with E-state index in [1.807, 2.05) is 0 Å². The fourth-order valence-corrected chi connectivity index (χ4v) is 6.11. The van der Waals surface area contributed by atoms with E-state index < -0.39 is 63.8 Å². The molecule has 0 spiro atoms. The highest BCUT2D eigenvalue weighted by molar-refractivity contribution is 6.25. The van der Waals surface area contributed by atoms with Gasteiger partial charge in [-0.2, -0.15) is 0 Å². The number of allylic oxidation sites excluding steroid dienone is 1. The van der Waals surface area contributed by atoms with Crippen molar-refractivity contribution in [2.24, 2.45) is 17.6 Å². The molecule has 0 radical (unpaired) electrons. The van der Waals surface area contributed by atoms with Gasteiger partial charge in [-0.1, -0.05) is 0 Å². The lowest BCUT2D eigenvalue weighted by molar-refractivity contribution is -0.148. The summed E-state index contributed by atoms with van der Waals surface area (Å²) in [6.45, 7) is 0. The normalized spacial score (nSPS) is 27.9. The average Bonchev–Trinajstić information content (AvgIpc) is 3.14. The Labute approximate surface area is 204 Å². The summed E-state index contributed by atoms with van der Waals surface area (Å²) in [6.07, 6.45) is 0.265. The van der Waals surface area contributed by atoms with Crippen molar-refractivity contribution < 1.29 is 34.1 Å². The Morgan fingerprint density at radius 3 is 2.44 bits per heavy atom. The summed E-state index contributed by atoms with van der Waals surface area (Å²) in [5.74, 6) is -7.17. The molecule has 0 saturated carbocycles. The molecule has 3 aliphatic rings. The number of aromatic nitrogens is 1. The van der Waals surface area contributed by atoms with Crippen LogP contribution in [0.5, 0.6) is 0 Å². The summed E-state index contributed by atoms with van der Waals surface area (Å²) >= 11 is 0. The number of rotatable bonds is 3. The van der Waals surface area contributed by atoms with E-state index in [0.29, 0.717) is 11.3 Å². The summed E-state index contributed by atoms with van der Waals surface area (Å²) in [7, 11) is 6.73. The van der Waals surface area contributed by atoms with Gasteiger partial charge < -0.3 is 30.4 Å². The monoisotopic (exact) mass is 498 g/mol. The van der Waals surface area contributed by atoms with Crippen molar-refractivity contribution in [2.45, 2.75) is 24.5 Å². The molecule has 36 heavy (non-hydrogen) atoms. The van der Waals surface area contributed by atoms with E-state index in [9.17, 15) is 34.5 Å². The first kappa shape index (κ1) is 23.8. The number of aliphatic hydroxyl groups excluding tert-OH is 2. The Morgan fingerprint density at radius 1 is 1.19 bits per heavy atom. The number of Topliss-reactive ketones (excluding diaryl/α,β-unsaturated/α-hetero) is 2. The fourth-order valence-electron chi connectivity index (χ4n) is 6.11. The van der Waals surface area contributed by atoms with Crippen LogP contribution in [0.25, 0.3) is 11.1 Å². The van der Waals surface area contributed by atoms with Crippen LogP contribution in [-0.2, 0) is 16.0 Å². The van der Waals surface area contributed by atoms with Gasteiger partial charge in [0.25, 0.3) is 5.91 Å². The van der Waals surface area contributed by atoms with Crippen LogP contribution in [0.4, 0.5) is 5.69 Å². The minimum atomic E-state index is -2.66. The number of aliphatic hydroxyl groups is 3. The third kappa shape index (κ3) is 2.88. The minimum absolute atomic E-state index is 0.00923. The number of hydrogen-bond donors (Lipinski definition) is 5. The Bertz CT molecular complexity index is 1490. The number of carbonyl (C=O) groups is 3. The molecule has 190 valence electrons.